The number of carbonyl (C=O) groups excluding carboxylic acids is 3. The van der Waals surface area contributed by atoms with Crippen LogP contribution in [0.1, 0.15) is 53.8 Å². The van der Waals surface area contributed by atoms with Crippen molar-refractivity contribution in [1.29, 1.82) is 0 Å². The Labute approximate surface area is 135 Å². The average Bonchev–Trinajstić information content (AvgIpc) is 3.07. The molecule has 120 valence electrons. The molecular formula is C18H20N2O3. The van der Waals surface area contributed by atoms with Crippen molar-refractivity contribution in [3.8, 4) is 0 Å². The quantitative estimate of drug-likeness (QED) is 0.786. The number of rotatable bonds is 2. The summed E-state index contributed by atoms with van der Waals surface area (Å²) in [5, 5.41) is 0. The molecule has 3 aliphatic heterocycles. The Bertz CT molecular complexity index is 705. The molecule has 23 heavy (non-hydrogen) atoms. The summed E-state index contributed by atoms with van der Waals surface area (Å²) in [6.45, 7) is 4.95. The van der Waals surface area contributed by atoms with Gasteiger partial charge in [-0.25, -0.2) is 0 Å². The summed E-state index contributed by atoms with van der Waals surface area (Å²) < 4.78 is 0. The van der Waals surface area contributed by atoms with Gasteiger partial charge in [0.1, 0.15) is 0 Å². The van der Waals surface area contributed by atoms with E-state index in [0.29, 0.717) is 24.1 Å². The minimum atomic E-state index is -0.418. The number of imide groups is 1. The normalized spacial score (nSPS) is 28.5. The molecular weight excluding hydrogens is 292 g/mol. The molecule has 1 aromatic carbocycles. The van der Waals surface area contributed by atoms with Gasteiger partial charge in [-0.2, -0.15) is 0 Å². The lowest BCUT2D eigenvalue weighted by atomic mass is 9.81. The van der Waals surface area contributed by atoms with Gasteiger partial charge in [0.05, 0.1) is 23.2 Å². The number of nitrogens with zero attached hydrogens (tertiary/aromatic N) is 2. The fourth-order valence-electron chi connectivity index (χ4n) is 4.60. The summed E-state index contributed by atoms with van der Waals surface area (Å²) in [6, 6.07) is 6.94. The fraction of sp³-hybridized carbons (Fsp3) is 0.500. The van der Waals surface area contributed by atoms with Crippen LogP contribution in [0.4, 0.5) is 0 Å². The highest BCUT2D eigenvalue weighted by Gasteiger charge is 2.58. The van der Waals surface area contributed by atoms with Crippen LogP contribution in [0.25, 0.3) is 0 Å². The van der Waals surface area contributed by atoms with Crippen molar-refractivity contribution in [1.82, 2.24) is 9.80 Å². The van der Waals surface area contributed by atoms with E-state index >= 15 is 0 Å². The van der Waals surface area contributed by atoms with Crippen molar-refractivity contribution in [3.05, 3.63) is 35.4 Å². The number of amides is 3. The van der Waals surface area contributed by atoms with E-state index in [1.807, 2.05) is 18.7 Å². The van der Waals surface area contributed by atoms with Crippen LogP contribution in [0.3, 0.4) is 0 Å². The highest BCUT2D eigenvalue weighted by atomic mass is 16.2. The monoisotopic (exact) mass is 312 g/mol. The van der Waals surface area contributed by atoms with Gasteiger partial charge in [-0.15, -0.1) is 0 Å². The van der Waals surface area contributed by atoms with Crippen molar-refractivity contribution in [2.75, 3.05) is 13.1 Å². The average molecular weight is 312 g/mol. The maximum atomic E-state index is 12.6. The lowest BCUT2D eigenvalue weighted by molar-refractivity contribution is -0.135. The Morgan fingerprint density at radius 3 is 2.26 bits per heavy atom. The van der Waals surface area contributed by atoms with Gasteiger partial charge in [0.15, 0.2) is 0 Å². The van der Waals surface area contributed by atoms with E-state index in [9.17, 15) is 14.4 Å². The van der Waals surface area contributed by atoms with E-state index in [0.717, 1.165) is 19.4 Å². The standard InChI is InChI=1S/C18H20N2O3/c1-17(2)10-18(8-5-9-20(18)16(17)23)11-19-14(21)12-6-3-4-7-13(12)15(19)22/h3-4,6-7H,5,8-11H2,1-2H3. The molecule has 2 saturated heterocycles. The molecule has 4 rings (SSSR count). The van der Waals surface area contributed by atoms with E-state index in [1.165, 1.54) is 4.90 Å². The van der Waals surface area contributed by atoms with E-state index in [4.69, 9.17) is 0 Å². The Hall–Kier alpha value is -2.17. The zero-order valence-electron chi connectivity index (χ0n) is 13.5. The molecule has 0 N–H and O–H groups in total. The Kier molecular flexibility index (Phi) is 2.78. The number of hydrogen-bond donors (Lipinski definition) is 0. The molecule has 0 aliphatic carbocycles. The molecule has 1 unspecified atom stereocenters. The van der Waals surface area contributed by atoms with Gasteiger partial charge in [-0.1, -0.05) is 26.0 Å². The van der Waals surface area contributed by atoms with Gasteiger partial charge in [-0.3, -0.25) is 19.3 Å². The second kappa shape index (κ2) is 4.43. The first-order valence-electron chi connectivity index (χ1n) is 8.13. The van der Waals surface area contributed by atoms with Crippen molar-refractivity contribution < 1.29 is 14.4 Å². The lowest BCUT2D eigenvalue weighted by Crippen LogP contribution is -2.51. The third kappa shape index (κ3) is 1.82. The SMILES string of the molecule is CC1(C)CC2(CN3C(=O)c4ccccc4C3=O)CCCN2C1=O. The van der Waals surface area contributed by atoms with E-state index in [-0.39, 0.29) is 23.3 Å². The van der Waals surface area contributed by atoms with Gasteiger partial charge in [0.25, 0.3) is 11.8 Å². The smallest absolute Gasteiger partial charge is 0.261 e. The molecule has 3 aliphatic rings. The maximum absolute atomic E-state index is 12.6. The Balaban J connectivity index is 1.68. The molecule has 3 heterocycles. The van der Waals surface area contributed by atoms with Gasteiger partial charge < -0.3 is 4.90 Å². The van der Waals surface area contributed by atoms with Gasteiger partial charge >= 0.3 is 0 Å². The first-order valence-corrected chi connectivity index (χ1v) is 8.13. The third-order valence-electron chi connectivity index (χ3n) is 5.52. The summed E-state index contributed by atoms with van der Waals surface area (Å²) in [5.74, 6) is -0.320. The molecule has 1 aromatic rings. The molecule has 1 atom stereocenters. The van der Waals surface area contributed by atoms with Crippen LogP contribution in [0.2, 0.25) is 0 Å². The van der Waals surface area contributed by atoms with Crippen LogP contribution in [-0.2, 0) is 4.79 Å². The minimum Gasteiger partial charge on any atom is -0.335 e. The lowest BCUT2D eigenvalue weighted by Gasteiger charge is -2.35. The topological polar surface area (TPSA) is 57.7 Å². The minimum absolute atomic E-state index is 0.145. The second-order valence-corrected chi connectivity index (χ2v) is 7.59. The number of hydrogen-bond acceptors (Lipinski definition) is 3. The first kappa shape index (κ1) is 14.4. The Morgan fingerprint density at radius 1 is 1.04 bits per heavy atom. The molecule has 0 saturated carbocycles. The van der Waals surface area contributed by atoms with Gasteiger partial charge in [0.2, 0.25) is 5.91 Å². The highest BCUT2D eigenvalue weighted by molar-refractivity contribution is 6.21. The summed E-state index contributed by atoms with van der Waals surface area (Å²) in [5.41, 5.74) is 0.150. The molecule has 0 spiro atoms. The number of carbonyl (C=O) groups is 3. The number of benzene rings is 1. The van der Waals surface area contributed by atoms with Gasteiger partial charge in [0, 0.05) is 12.0 Å². The van der Waals surface area contributed by atoms with Crippen LogP contribution in [0.5, 0.6) is 0 Å². The molecule has 0 bridgehead atoms. The molecule has 3 amide bonds. The summed E-state index contributed by atoms with van der Waals surface area (Å²) in [6.07, 6.45) is 2.49. The second-order valence-electron chi connectivity index (χ2n) is 7.59. The fourth-order valence-corrected chi connectivity index (χ4v) is 4.60. The van der Waals surface area contributed by atoms with Crippen LogP contribution >= 0.6 is 0 Å². The Morgan fingerprint density at radius 2 is 1.65 bits per heavy atom. The third-order valence-corrected chi connectivity index (χ3v) is 5.52. The van der Waals surface area contributed by atoms with Crippen LogP contribution < -0.4 is 0 Å². The van der Waals surface area contributed by atoms with Crippen molar-refractivity contribution in [3.63, 3.8) is 0 Å². The van der Waals surface area contributed by atoms with Gasteiger partial charge in [-0.05, 0) is 31.4 Å². The van der Waals surface area contributed by atoms with Crippen LogP contribution in [0.15, 0.2) is 24.3 Å². The maximum Gasteiger partial charge on any atom is 0.261 e. The van der Waals surface area contributed by atoms with E-state index in [1.54, 1.807) is 24.3 Å². The molecule has 0 aromatic heterocycles. The molecule has 5 heteroatoms. The van der Waals surface area contributed by atoms with Crippen molar-refractivity contribution in [2.24, 2.45) is 5.41 Å². The van der Waals surface area contributed by atoms with Crippen LogP contribution in [-0.4, -0.2) is 46.1 Å². The summed E-state index contributed by atoms with van der Waals surface area (Å²) in [7, 11) is 0. The van der Waals surface area contributed by atoms with E-state index in [2.05, 4.69) is 0 Å². The van der Waals surface area contributed by atoms with E-state index < -0.39 is 5.41 Å². The summed E-state index contributed by atoms with van der Waals surface area (Å²) in [4.78, 5) is 41.1. The van der Waals surface area contributed by atoms with Crippen molar-refractivity contribution in [2.45, 2.75) is 38.6 Å². The van der Waals surface area contributed by atoms with Crippen molar-refractivity contribution >= 4 is 17.7 Å². The predicted octanol–water partition coefficient (Wildman–Crippen LogP) is 2.07. The largest absolute Gasteiger partial charge is 0.335 e. The zero-order chi connectivity index (χ0) is 16.4. The molecule has 5 nitrogen and oxygen atoms in total. The highest BCUT2D eigenvalue weighted by Crippen LogP contribution is 2.49. The predicted molar refractivity (Wildman–Crippen MR) is 83.9 cm³/mol. The molecule has 0 radical (unpaired) electrons. The molecule has 2 fully saturated rings. The summed E-state index contributed by atoms with van der Waals surface area (Å²) >= 11 is 0. The first-order chi connectivity index (χ1) is 10.9. The number of fused-ring (bicyclic) bond motifs is 2. The zero-order valence-corrected chi connectivity index (χ0v) is 13.5. The van der Waals surface area contributed by atoms with Crippen LogP contribution in [0, 0.1) is 5.41 Å².